The molecule has 0 aromatic carbocycles. The molecule has 0 spiro atoms. The van der Waals surface area contributed by atoms with Gasteiger partial charge in [0.05, 0.1) is 0 Å². The van der Waals surface area contributed by atoms with Gasteiger partial charge in [0.1, 0.15) is 11.5 Å². The van der Waals surface area contributed by atoms with Crippen molar-refractivity contribution in [2.45, 2.75) is 52.4 Å². The Morgan fingerprint density at radius 1 is 1.05 bits per heavy atom. The summed E-state index contributed by atoms with van der Waals surface area (Å²) in [6, 6.07) is 0. The van der Waals surface area contributed by atoms with Gasteiger partial charge >= 0.3 is 0 Å². The summed E-state index contributed by atoms with van der Waals surface area (Å²) in [6.07, 6.45) is 8.72. The maximum absolute atomic E-state index is 12.4. The minimum Gasteiger partial charge on any atom is -0.511 e. The van der Waals surface area contributed by atoms with Gasteiger partial charge in [0.15, 0.2) is 5.78 Å². The van der Waals surface area contributed by atoms with Crippen LogP contribution in [-0.4, -0.2) is 16.7 Å². The smallest absolute Gasteiger partial charge is 0.181 e. The molecule has 4 rings (SSSR count). The number of hydrogen-bond donors (Lipinski definition) is 1. The van der Waals surface area contributed by atoms with Crippen LogP contribution in [-0.2, 0) is 9.59 Å². The van der Waals surface area contributed by atoms with E-state index in [1.807, 2.05) is 0 Å². The second kappa shape index (κ2) is 4.33. The van der Waals surface area contributed by atoms with E-state index in [1.54, 1.807) is 6.08 Å². The molecule has 118 valence electrons. The van der Waals surface area contributed by atoms with Gasteiger partial charge in [-0.3, -0.25) is 9.59 Å². The van der Waals surface area contributed by atoms with Crippen molar-refractivity contribution in [1.29, 1.82) is 0 Å². The Kier molecular flexibility index (Phi) is 2.80. The predicted octanol–water partition coefficient (Wildman–Crippen LogP) is 3.75. The lowest BCUT2D eigenvalue weighted by atomic mass is 9.48. The highest BCUT2D eigenvalue weighted by Crippen LogP contribution is 2.64. The van der Waals surface area contributed by atoms with E-state index in [0.717, 1.165) is 44.1 Å². The van der Waals surface area contributed by atoms with Crippen molar-refractivity contribution < 1.29 is 14.7 Å². The number of rotatable bonds is 0. The van der Waals surface area contributed by atoms with Crippen LogP contribution in [0.5, 0.6) is 0 Å². The van der Waals surface area contributed by atoms with Gasteiger partial charge in [-0.05, 0) is 62.9 Å². The predicted molar refractivity (Wildman–Crippen MR) is 83.2 cm³/mol. The number of ketones is 2. The van der Waals surface area contributed by atoms with Gasteiger partial charge in [-0.2, -0.15) is 0 Å². The second-order valence-corrected chi connectivity index (χ2v) is 8.14. The lowest BCUT2D eigenvalue weighted by Crippen LogP contribution is -2.51. The van der Waals surface area contributed by atoms with Crippen LogP contribution in [0.2, 0.25) is 0 Å². The zero-order valence-corrected chi connectivity index (χ0v) is 13.4. The second-order valence-electron chi connectivity index (χ2n) is 8.14. The third-order valence-corrected chi connectivity index (χ3v) is 7.43. The van der Waals surface area contributed by atoms with Crippen molar-refractivity contribution in [2.75, 3.05) is 0 Å². The van der Waals surface area contributed by atoms with E-state index in [-0.39, 0.29) is 22.4 Å². The fraction of sp³-hybridized carbons (Fsp3) is 0.684. The molecule has 4 aliphatic carbocycles. The zero-order chi connectivity index (χ0) is 15.7. The highest BCUT2D eigenvalue weighted by Gasteiger charge is 2.60. The summed E-state index contributed by atoms with van der Waals surface area (Å²) in [7, 11) is 0. The van der Waals surface area contributed by atoms with Crippen LogP contribution in [0, 0.1) is 28.6 Å². The number of fused-ring (bicyclic) bond motifs is 5. The normalized spacial score (nSPS) is 47.3. The molecule has 1 N–H and O–H groups in total. The molecule has 0 aliphatic heterocycles. The van der Waals surface area contributed by atoms with E-state index >= 15 is 0 Å². The van der Waals surface area contributed by atoms with Crippen LogP contribution < -0.4 is 0 Å². The monoisotopic (exact) mass is 300 g/mol. The summed E-state index contributed by atoms with van der Waals surface area (Å²) in [6.45, 7) is 4.27. The van der Waals surface area contributed by atoms with Crippen molar-refractivity contribution in [3.8, 4) is 0 Å². The molecule has 0 aromatic heterocycles. The topological polar surface area (TPSA) is 54.4 Å². The number of hydrogen-bond acceptors (Lipinski definition) is 3. The number of aliphatic hydroxyl groups is 1. The van der Waals surface area contributed by atoms with E-state index in [9.17, 15) is 14.7 Å². The average molecular weight is 300 g/mol. The fourth-order valence-corrected chi connectivity index (χ4v) is 6.07. The molecule has 0 aromatic rings. The molecule has 0 radical (unpaired) electrons. The Hall–Kier alpha value is -1.38. The van der Waals surface area contributed by atoms with Crippen LogP contribution in [0.25, 0.3) is 0 Å². The van der Waals surface area contributed by atoms with Crippen molar-refractivity contribution in [3.05, 3.63) is 23.5 Å². The minimum atomic E-state index is -0.385. The third-order valence-electron chi connectivity index (χ3n) is 7.43. The zero-order valence-electron chi connectivity index (χ0n) is 13.4. The first-order valence-corrected chi connectivity index (χ1v) is 8.57. The van der Waals surface area contributed by atoms with E-state index < -0.39 is 0 Å². The SMILES string of the molecule is CC12CCC3C(CCC4=CC(=O)C=C(O)C43C)C1CCC2=O. The maximum atomic E-state index is 12.4. The molecule has 5 unspecified atom stereocenters. The fourth-order valence-electron chi connectivity index (χ4n) is 6.07. The Bertz CT molecular complexity index is 629. The van der Waals surface area contributed by atoms with Crippen LogP contribution in [0.3, 0.4) is 0 Å². The largest absolute Gasteiger partial charge is 0.511 e. The van der Waals surface area contributed by atoms with Crippen molar-refractivity contribution >= 4 is 11.6 Å². The molecule has 5 atom stereocenters. The van der Waals surface area contributed by atoms with Gasteiger partial charge in [0.25, 0.3) is 0 Å². The first kappa shape index (κ1) is 14.2. The summed E-state index contributed by atoms with van der Waals surface area (Å²) in [5.41, 5.74) is 0.582. The Labute approximate surface area is 131 Å². The van der Waals surface area contributed by atoms with E-state index in [1.165, 1.54) is 6.08 Å². The minimum absolute atomic E-state index is 0.0832. The number of aliphatic hydroxyl groups excluding tert-OH is 1. The highest BCUT2D eigenvalue weighted by atomic mass is 16.3. The molecule has 0 heterocycles. The lowest BCUT2D eigenvalue weighted by Gasteiger charge is -2.56. The maximum Gasteiger partial charge on any atom is 0.181 e. The molecule has 0 bridgehead atoms. The van der Waals surface area contributed by atoms with Crippen LogP contribution in [0.15, 0.2) is 23.5 Å². The quantitative estimate of drug-likeness (QED) is 0.741. The average Bonchev–Trinajstić information content (AvgIpc) is 2.77. The number of carbonyl (C=O) groups is 2. The summed E-state index contributed by atoms with van der Waals surface area (Å²) in [5.74, 6) is 1.93. The molecule has 0 saturated heterocycles. The summed E-state index contributed by atoms with van der Waals surface area (Å²) in [4.78, 5) is 24.1. The van der Waals surface area contributed by atoms with Crippen molar-refractivity contribution in [1.82, 2.24) is 0 Å². The van der Waals surface area contributed by atoms with Gasteiger partial charge < -0.3 is 5.11 Å². The van der Waals surface area contributed by atoms with Crippen LogP contribution in [0.1, 0.15) is 52.4 Å². The van der Waals surface area contributed by atoms with Crippen LogP contribution in [0.4, 0.5) is 0 Å². The van der Waals surface area contributed by atoms with E-state index in [0.29, 0.717) is 23.5 Å². The Morgan fingerprint density at radius 3 is 2.59 bits per heavy atom. The molecule has 3 saturated carbocycles. The summed E-state index contributed by atoms with van der Waals surface area (Å²) in [5, 5.41) is 10.6. The summed E-state index contributed by atoms with van der Waals surface area (Å²) < 4.78 is 0. The molecule has 3 fully saturated rings. The number of carbonyl (C=O) groups excluding carboxylic acids is 2. The van der Waals surface area contributed by atoms with Crippen molar-refractivity contribution in [2.24, 2.45) is 28.6 Å². The molecule has 4 aliphatic rings. The van der Waals surface area contributed by atoms with Gasteiger partial charge in [0, 0.05) is 23.3 Å². The number of Topliss-reactive ketones (excluding diaryl/α,β-unsaturated/α-hetero) is 1. The Balaban J connectivity index is 1.75. The first-order valence-electron chi connectivity index (χ1n) is 8.57. The first-order chi connectivity index (χ1) is 10.4. The highest BCUT2D eigenvalue weighted by molar-refractivity contribution is 6.01. The van der Waals surface area contributed by atoms with Crippen molar-refractivity contribution in [3.63, 3.8) is 0 Å². The molecule has 3 nitrogen and oxygen atoms in total. The molecule has 22 heavy (non-hydrogen) atoms. The van der Waals surface area contributed by atoms with E-state index in [2.05, 4.69) is 13.8 Å². The Morgan fingerprint density at radius 2 is 1.82 bits per heavy atom. The van der Waals surface area contributed by atoms with Gasteiger partial charge in [-0.1, -0.05) is 12.5 Å². The van der Waals surface area contributed by atoms with Gasteiger partial charge in [-0.15, -0.1) is 0 Å². The molecular formula is C19H24O3. The van der Waals surface area contributed by atoms with Crippen LogP contribution >= 0.6 is 0 Å². The van der Waals surface area contributed by atoms with E-state index in [4.69, 9.17) is 0 Å². The molecule has 0 amide bonds. The molecule has 3 heteroatoms. The third kappa shape index (κ3) is 1.57. The lowest BCUT2D eigenvalue weighted by molar-refractivity contribution is -0.132. The summed E-state index contributed by atoms with van der Waals surface area (Å²) >= 11 is 0. The molecular weight excluding hydrogens is 276 g/mol. The van der Waals surface area contributed by atoms with Gasteiger partial charge in [-0.25, -0.2) is 0 Å². The standard InChI is InChI=1S/C19H24O3/c1-18-8-7-15-13(14(18)5-6-16(18)21)4-3-11-9-12(20)10-17(22)19(11,15)2/h9-10,13-15,22H,3-8H2,1-2H3. The number of allylic oxidation sites excluding steroid dienone is 3. The van der Waals surface area contributed by atoms with Gasteiger partial charge in [0.2, 0.25) is 0 Å².